The van der Waals surface area contributed by atoms with Crippen LogP contribution in [-0.4, -0.2) is 48.5 Å². The summed E-state index contributed by atoms with van der Waals surface area (Å²) in [5.74, 6) is 0.452. The first-order chi connectivity index (χ1) is 12.6. The summed E-state index contributed by atoms with van der Waals surface area (Å²) in [5, 5.41) is 7.36. The first kappa shape index (κ1) is 20.4. The molecule has 0 spiro atoms. The van der Waals surface area contributed by atoms with Gasteiger partial charge in [0.15, 0.2) is 0 Å². The number of rotatable bonds is 9. The van der Waals surface area contributed by atoms with Gasteiger partial charge in [-0.05, 0) is 31.6 Å². The number of carbonyl (C=O) groups is 1. The molecule has 1 amide bonds. The van der Waals surface area contributed by atoms with E-state index < -0.39 is 0 Å². The lowest BCUT2D eigenvalue weighted by atomic mass is 9.94. The first-order valence-electron chi connectivity index (χ1n) is 9.67. The zero-order valence-electron chi connectivity index (χ0n) is 16.2. The molecule has 1 N–H and O–H groups in total. The number of hydrogen-bond donors (Lipinski definition) is 1. The van der Waals surface area contributed by atoms with Crippen molar-refractivity contribution in [1.82, 2.24) is 15.1 Å². The average molecular weight is 364 g/mol. The lowest BCUT2D eigenvalue weighted by Crippen LogP contribution is -2.40. The minimum atomic E-state index is -0.117. The van der Waals surface area contributed by atoms with Crippen LogP contribution >= 0.6 is 0 Å². The van der Waals surface area contributed by atoms with Crippen LogP contribution in [0.4, 0.5) is 5.69 Å². The van der Waals surface area contributed by atoms with Gasteiger partial charge in [0.1, 0.15) is 0 Å². The number of methoxy groups -OCH3 is 1. The summed E-state index contributed by atoms with van der Waals surface area (Å²) < 4.78 is 6.41. The Balaban J connectivity index is 1.94. The molecule has 0 radical (unpaired) electrons. The second-order valence-electron chi connectivity index (χ2n) is 7.01. The van der Waals surface area contributed by atoms with Gasteiger partial charge in [-0.25, -0.2) is 4.68 Å². The molecular weight excluding hydrogens is 332 g/mol. The molecule has 7 heteroatoms. The van der Waals surface area contributed by atoms with Crippen molar-refractivity contribution in [3.05, 3.63) is 22.6 Å². The number of anilines is 1. The lowest BCUT2D eigenvalue weighted by Gasteiger charge is -2.34. The van der Waals surface area contributed by atoms with E-state index in [0.717, 1.165) is 44.5 Å². The van der Waals surface area contributed by atoms with Gasteiger partial charge in [0.2, 0.25) is 5.91 Å². The second kappa shape index (κ2) is 10.3. The Kier molecular flexibility index (Phi) is 8.09. The molecule has 2 heterocycles. The SMILES string of the molecule is CCC(CC)NC(=O)CC1CCCN(c2cnn(CCOC)c(=O)c2)C1. The van der Waals surface area contributed by atoms with Crippen LogP contribution in [0.25, 0.3) is 0 Å². The average Bonchev–Trinajstić information content (AvgIpc) is 2.65. The highest BCUT2D eigenvalue weighted by atomic mass is 16.5. The van der Waals surface area contributed by atoms with Crippen LogP contribution in [0.1, 0.15) is 46.0 Å². The molecular formula is C19H32N4O3. The molecule has 1 aromatic heterocycles. The predicted molar refractivity (Wildman–Crippen MR) is 102 cm³/mol. The molecule has 1 saturated heterocycles. The van der Waals surface area contributed by atoms with E-state index in [0.29, 0.717) is 25.5 Å². The molecule has 1 atom stereocenters. The van der Waals surface area contributed by atoms with Gasteiger partial charge < -0.3 is 15.0 Å². The summed E-state index contributed by atoms with van der Waals surface area (Å²) in [5.41, 5.74) is 0.724. The Labute approximate surface area is 155 Å². The predicted octanol–water partition coefficient (Wildman–Crippen LogP) is 1.80. The number of nitrogens with zero attached hydrogens (tertiary/aromatic N) is 3. The highest BCUT2D eigenvalue weighted by molar-refractivity contribution is 5.76. The number of carbonyl (C=O) groups excluding carboxylic acids is 1. The third-order valence-corrected chi connectivity index (χ3v) is 5.07. The molecule has 1 fully saturated rings. The van der Waals surface area contributed by atoms with E-state index in [2.05, 4.69) is 29.2 Å². The van der Waals surface area contributed by atoms with Crippen LogP contribution in [0.5, 0.6) is 0 Å². The molecule has 146 valence electrons. The van der Waals surface area contributed by atoms with E-state index in [4.69, 9.17) is 4.74 Å². The highest BCUT2D eigenvalue weighted by Gasteiger charge is 2.23. The van der Waals surface area contributed by atoms with Crippen LogP contribution in [0, 0.1) is 5.92 Å². The van der Waals surface area contributed by atoms with Gasteiger partial charge in [0.25, 0.3) is 5.56 Å². The van der Waals surface area contributed by atoms with Crippen LogP contribution < -0.4 is 15.8 Å². The third kappa shape index (κ3) is 5.83. The second-order valence-corrected chi connectivity index (χ2v) is 7.01. The van der Waals surface area contributed by atoms with Crippen molar-refractivity contribution in [3.63, 3.8) is 0 Å². The molecule has 7 nitrogen and oxygen atoms in total. The Morgan fingerprint density at radius 1 is 1.42 bits per heavy atom. The molecule has 1 unspecified atom stereocenters. The van der Waals surface area contributed by atoms with Gasteiger partial charge in [-0.1, -0.05) is 13.8 Å². The number of nitrogens with one attached hydrogen (secondary N) is 1. The summed E-state index contributed by atoms with van der Waals surface area (Å²) >= 11 is 0. The summed E-state index contributed by atoms with van der Waals surface area (Å²) in [6, 6.07) is 1.90. The standard InChI is InChI=1S/C19H32N4O3/c1-4-16(5-2)21-18(24)11-15-7-6-8-22(14-15)17-12-19(25)23(20-13-17)9-10-26-3/h12-13,15-16H,4-11,14H2,1-3H3,(H,21,24). The van der Waals surface area contributed by atoms with E-state index in [1.807, 2.05) is 0 Å². The maximum atomic E-state index is 12.3. The van der Waals surface area contributed by atoms with Crippen molar-refractivity contribution in [1.29, 1.82) is 0 Å². The molecule has 1 aliphatic rings. The fourth-order valence-corrected chi connectivity index (χ4v) is 3.45. The first-order valence-corrected chi connectivity index (χ1v) is 9.67. The summed E-state index contributed by atoms with van der Waals surface area (Å²) in [6.07, 6.45) is 6.28. The molecule has 0 aromatic carbocycles. The largest absolute Gasteiger partial charge is 0.383 e. The van der Waals surface area contributed by atoms with Gasteiger partial charge in [0, 0.05) is 38.7 Å². The number of hydrogen-bond acceptors (Lipinski definition) is 5. The normalized spacial score (nSPS) is 17.5. The Bertz CT molecular complexity index is 627. The summed E-state index contributed by atoms with van der Waals surface area (Å²) in [4.78, 5) is 26.6. The van der Waals surface area contributed by atoms with Crippen molar-refractivity contribution < 1.29 is 9.53 Å². The van der Waals surface area contributed by atoms with Crippen LogP contribution in [0.2, 0.25) is 0 Å². The molecule has 1 aliphatic heterocycles. The fourth-order valence-electron chi connectivity index (χ4n) is 3.45. The molecule has 2 rings (SSSR count). The van der Waals surface area contributed by atoms with E-state index >= 15 is 0 Å². The zero-order valence-corrected chi connectivity index (χ0v) is 16.2. The third-order valence-electron chi connectivity index (χ3n) is 5.07. The minimum absolute atomic E-state index is 0.117. The van der Waals surface area contributed by atoms with E-state index in [-0.39, 0.29) is 17.5 Å². The summed E-state index contributed by atoms with van der Waals surface area (Å²) in [7, 11) is 1.60. The van der Waals surface area contributed by atoms with Crippen molar-refractivity contribution >= 4 is 11.6 Å². The molecule has 1 aromatic rings. The molecule has 0 saturated carbocycles. The van der Waals surface area contributed by atoms with E-state index in [1.165, 1.54) is 4.68 Å². The molecule has 26 heavy (non-hydrogen) atoms. The number of ether oxygens (including phenoxy) is 1. The van der Waals surface area contributed by atoms with E-state index in [1.54, 1.807) is 19.4 Å². The van der Waals surface area contributed by atoms with Gasteiger partial charge in [-0.3, -0.25) is 9.59 Å². The minimum Gasteiger partial charge on any atom is -0.383 e. The quantitative estimate of drug-likeness (QED) is 0.723. The Hall–Kier alpha value is -1.89. The van der Waals surface area contributed by atoms with Crippen molar-refractivity contribution in [3.8, 4) is 0 Å². The van der Waals surface area contributed by atoms with Gasteiger partial charge in [-0.2, -0.15) is 5.10 Å². The smallest absolute Gasteiger partial charge is 0.268 e. The monoisotopic (exact) mass is 364 g/mol. The number of aromatic nitrogens is 2. The Morgan fingerprint density at radius 2 is 2.19 bits per heavy atom. The molecule has 0 aliphatic carbocycles. The highest BCUT2D eigenvalue weighted by Crippen LogP contribution is 2.23. The maximum Gasteiger partial charge on any atom is 0.268 e. The van der Waals surface area contributed by atoms with Crippen molar-refractivity contribution in [2.75, 3.05) is 31.7 Å². The van der Waals surface area contributed by atoms with Gasteiger partial charge in [0.05, 0.1) is 25.0 Å². The molecule has 0 bridgehead atoms. The fraction of sp³-hybridized carbons (Fsp3) is 0.737. The zero-order chi connectivity index (χ0) is 18.9. The van der Waals surface area contributed by atoms with Crippen molar-refractivity contribution in [2.24, 2.45) is 5.92 Å². The van der Waals surface area contributed by atoms with Crippen LogP contribution in [0.15, 0.2) is 17.1 Å². The van der Waals surface area contributed by atoms with Crippen LogP contribution in [-0.2, 0) is 16.1 Å². The van der Waals surface area contributed by atoms with Crippen LogP contribution in [0.3, 0.4) is 0 Å². The maximum absolute atomic E-state index is 12.3. The number of piperidine rings is 1. The number of amides is 1. The Morgan fingerprint density at radius 3 is 2.85 bits per heavy atom. The van der Waals surface area contributed by atoms with E-state index in [9.17, 15) is 9.59 Å². The van der Waals surface area contributed by atoms with Gasteiger partial charge >= 0.3 is 0 Å². The topological polar surface area (TPSA) is 76.5 Å². The van der Waals surface area contributed by atoms with Gasteiger partial charge in [-0.15, -0.1) is 0 Å². The lowest BCUT2D eigenvalue weighted by molar-refractivity contribution is -0.122. The van der Waals surface area contributed by atoms with Crippen molar-refractivity contribution in [2.45, 2.75) is 58.5 Å². The summed E-state index contributed by atoms with van der Waals surface area (Å²) in [6.45, 7) is 6.79.